The van der Waals surface area contributed by atoms with E-state index in [1.807, 2.05) is 72.0 Å². The van der Waals surface area contributed by atoms with E-state index in [0.717, 1.165) is 39.1 Å². The molecule has 0 radical (unpaired) electrons. The lowest BCUT2D eigenvalue weighted by Crippen LogP contribution is -2.23. The van der Waals surface area contributed by atoms with Crippen LogP contribution in [0, 0.1) is 0 Å². The molecule has 5 heteroatoms. The van der Waals surface area contributed by atoms with Crippen molar-refractivity contribution in [3.63, 3.8) is 0 Å². The first kappa shape index (κ1) is 23.1. The van der Waals surface area contributed by atoms with E-state index in [0.29, 0.717) is 5.88 Å². The van der Waals surface area contributed by atoms with Crippen molar-refractivity contribution in [3.8, 4) is 39.6 Å². The molecule has 1 aromatic heterocycles. The van der Waals surface area contributed by atoms with E-state index in [2.05, 4.69) is 38.5 Å². The fraction of sp³-hybridized carbons (Fsp3) is 0.346. The molecule has 2 aromatic carbocycles. The van der Waals surface area contributed by atoms with E-state index in [9.17, 15) is 0 Å². The van der Waals surface area contributed by atoms with Gasteiger partial charge in [-0.25, -0.2) is 4.98 Å². The van der Waals surface area contributed by atoms with Crippen molar-refractivity contribution in [2.75, 3.05) is 7.11 Å². The second-order valence-electron chi connectivity index (χ2n) is 9.45. The Hall–Kier alpha value is -2.58. The van der Waals surface area contributed by atoms with Gasteiger partial charge in [0.25, 0.3) is 0 Å². The SMILES string of the molecule is COc1ncc(-c2cccc(OC(C)(C)C)c2)c(-c2cccc(OC(C)(C)C)c2)c1P. The van der Waals surface area contributed by atoms with E-state index in [-0.39, 0.29) is 11.2 Å². The summed E-state index contributed by atoms with van der Waals surface area (Å²) in [7, 11) is 4.42. The number of methoxy groups -OCH3 is 1. The number of benzene rings is 2. The third-order valence-electron chi connectivity index (χ3n) is 4.39. The molecule has 0 N–H and O–H groups in total. The predicted molar refractivity (Wildman–Crippen MR) is 132 cm³/mol. The average molecular weight is 438 g/mol. The Labute approximate surface area is 188 Å². The second kappa shape index (κ2) is 8.88. The van der Waals surface area contributed by atoms with Gasteiger partial charge in [-0.2, -0.15) is 0 Å². The largest absolute Gasteiger partial charge is 0.488 e. The van der Waals surface area contributed by atoms with Crippen LogP contribution in [-0.2, 0) is 0 Å². The van der Waals surface area contributed by atoms with Crippen molar-refractivity contribution in [3.05, 3.63) is 54.7 Å². The van der Waals surface area contributed by atoms with Crippen LogP contribution in [0.1, 0.15) is 41.5 Å². The van der Waals surface area contributed by atoms with Crippen LogP contribution in [0.4, 0.5) is 0 Å². The number of hydrogen-bond acceptors (Lipinski definition) is 4. The molecule has 1 atom stereocenters. The van der Waals surface area contributed by atoms with Gasteiger partial charge in [0.2, 0.25) is 5.88 Å². The maximum atomic E-state index is 6.11. The molecule has 0 saturated carbocycles. The highest BCUT2D eigenvalue weighted by molar-refractivity contribution is 7.28. The molecule has 1 unspecified atom stereocenters. The molecular formula is C26H32NO3P. The monoisotopic (exact) mass is 437 g/mol. The Kier molecular flexibility index (Phi) is 6.62. The summed E-state index contributed by atoms with van der Waals surface area (Å²) >= 11 is 0. The van der Waals surface area contributed by atoms with Gasteiger partial charge >= 0.3 is 0 Å². The summed E-state index contributed by atoms with van der Waals surface area (Å²) in [6, 6.07) is 16.2. The molecule has 0 aliphatic heterocycles. The molecule has 4 nitrogen and oxygen atoms in total. The summed E-state index contributed by atoms with van der Waals surface area (Å²) in [5.74, 6) is 2.22. The third-order valence-corrected chi connectivity index (χ3v) is 4.92. The van der Waals surface area contributed by atoms with E-state index in [1.54, 1.807) is 7.11 Å². The lowest BCUT2D eigenvalue weighted by Gasteiger charge is -2.23. The minimum atomic E-state index is -0.278. The molecule has 3 aromatic rings. The van der Waals surface area contributed by atoms with Crippen molar-refractivity contribution in [1.82, 2.24) is 4.98 Å². The van der Waals surface area contributed by atoms with Crippen LogP contribution in [0.2, 0.25) is 0 Å². The number of nitrogens with zero attached hydrogens (tertiary/aromatic N) is 1. The summed E-state index contributed by atoms with van der Waals surface area (Å²) in [5, 5.41) is 0.898. The molecule has 0 aliphatic carbocycles. The second-order valence-corrected chi connectivity index (χ2v) is 10.0. The van der Waals surface area contributed by atoms with Crippen LogP contribution in [0.15, 0.2) is 54.7 Å². The third kappa shape index (κ3) is 5.98. The fourth-order valence-corrected chi connectivity index (χ4v) is 3.87. The Morgan fingerprint density at radius 3 is 1.81 bits per heavy atom. The van der Waals surface area contributed by atoms with Crippen LogP contribution in [0.25, 0.3) is 22.3 Å². The zero-order valence-electron chi connectivity index (χ0n) is 19.4. The first-order valence-electron chi connectivity index (χ1n) is 10.4. The molecule has 0 spiro atoms. The Morgan fingerprint density at radius 2 is 1.29 bits per heavy atom. The number of rotatable bonds is 5. The van der Waals surface area contributed by atoms with Crippen LogP contribution < -0.4 is 19.5 Å². The molecule has 0 amide bonds. The van der Waals surface area contributed by atoms with Gasteiger partial charge in [-0.15, -0.1) is 0 Å². The first-order chi connectivity index (χ1) is 14.5. The minimum Gasteiger partial charge on any atom is -0.488 e. The van der Waals surface area contributed by atoms with Crippen molar-refractivity contribution >= 4 is 14.5 Å². The molecule has 3 rings (SSSR count). The van der Waals surface area contributed by atoms with Gasteiger partial charge in [0, 0.05) is 22.6 Å². The molecule has 0 saturated heterocycles. The highest BCUT2D eigenvalue weighted by Crippen LogP contribution is 2.37. The van der Waals surface area contributed by atoms with Crippen molar-refractivity contribution in [1.29, 1.82) is 0 Å². The van der Waals surface area contributed by atoms with Gasteiger partial charge in [0.05, 0.1) is 7.11 Å². The molecule has 164 valence electrons. The zero-order chi connectivity index (χ0) is 22.8. The molecule has 31 heavy (non-hydrogen) atoms. The van der Waals surface area contributed by atoms with Gasteiger partial charge in [0.15, 0.2) is 0 Å². The average Bonchev–Trinajstić information content (AvgIpc) is 2.65. The van der Waals surface area contributed by atoms with Crippen molar-refractivity contribution < 1.29 is 14.2 Å². The summed E-state index contributed by atoms with van der Waals surface area (Å²) in [6.45, 7) is 12.3. The molecular weight excluding hydrogens is 405 g/mol. The smallest absolute Gasteiger partial charge is 0.220 e. The Morgan fingerprint density at radius 1 is 0.774 bits per heavy atom. The topological polar surface area (TPSA) is 40.6 Å². The van der Waals surface area contributed by atoms with Crippen LogP contribution >= 0.6 is 9.24 Å². The zero-order valence-corrected chi connectivity index (χ0v) is 20.6. The first-order valence-corrected chi connectivity index (χ1v) is 11.0. The van der Waals surface area contributed by atoms with Crippen molar-refractivity contribution in [2.45, 2.75) is 52.7 Å². The number of aromatic nitrogens is 1. The maximum Gasteiger partial charge on any atom is 0.220 e. The number of ether oxygens (including phenoxy) is 3. The molecule has 0 bridgehead atoms. The summed E-state index contributed by atoms with van der Waals surface area (Å²) < 4.78 is 17.7. The van der Waals surface area contributed by atoms with E-state index < -0.39 is 0 Å². The Bertz CT molecular complexity index is 1060. The Balaban J connectivity index is 2.16. The lowest BCUT2D eigenvalue weighted by atomic mass is 9.95. The summed E-state index contributed by atoms with van der Waals surface area (Å²) in [4.78, 5) is 4.53. The molecule has 0 fully saturated rings. The normalized spacial score (nSPS) is 11.9. The van der Waals surface area contributed by atoms with Crippen LogP contribution in [-0.4, -0.2) is 23.3 Å². The highest BCUT2D eigenvalue weighted by Gasteiger charge is 2.19. The fourth-order valence-electron chi connectivity index (χ4n) is 3.35. The van der Waals surface area contributed by atoms with Crippen LogP contribution in [0.3, 0.4) is 0 Å². The lowest BCUT2D eigenvalue weighted by molar-refractivity contribution is 0.130. The maximum absolute atomic E-state index is 6.11. The minimum absolute atomic E-state index is 0.274. The van der Waals surface area contributed by atoms with Crippen molar-refractivity contribution in [2.24, 2.45) is 0 Å². The number of pyridine rings is 1. The van der Waals surface area contributed by atoms with E-state index >= 15 is 0 Å². The standard InChI is InChI=1S/C26H32NO3P/c1-25(2,3)29-19-12-8-10-17(14-19)21-16-27-24(28-7)23(31)22(21)18-11-9-13-20(15-18)30-26(4,5)6/h8-16H,31H2,1-7H3. The van der Waals surface area contributed by atoms with Gasteiger partial charge < -0.3 is 14.2 Å². The van der Waals surface area contributed by atoms with E-state index in [1.165, 1.54) is 0 Å². The van der Waals surface area contributed by atoms with Gasteiger partial charge in [-0.3, -0.25) is 0 Å². The quantitative estimate of drug-likeness (QED) is 0.441. The van der Waals surface area contributed by atoms with E-state index in [4.69, 9.17) is 14.2 Å². The van der Waals surface area contributed by atoms with Gasteiger partial charge in [-0.05, 0) is 76.9 Å². The van der Waals surface area contributed by atoms with Crippen LogP contribution in [0.5, 0.6) is 17.4 Å². The summed E-state index contributed by atoms with van der Waals surface area (Å²) in [6.07, 6.45) is 1.86. The van der Waals surface area contributed by atoms with Gasteiger partial charge in [0.1, 0.15) is 22.7 Å². The molecule has 0 aliphatic rings. The highest BCUT2D eigenvalue weighted by atomic mass is 31.0. The summed E-state index contributed by atoms with van der Waals surface area (Å²) in [5.41, 5.74) is 3.54. The predicted octanol–water partition coefficient (Wildman–Crippen LogP) is 6.28. The number of hydrogen-bond donors (Lipinski definition) is 0. The van der Waals surface area contributed by atoms with Gasteiger partial charge in [-0.1, -0.05) is 33.5 Å². The molecule has 1 heterocycles.